The van der Waals surface area contributed by atoms with Crippen molar-refractivity contribution in [1.82, 2.24) is 0 Å². The van der Waals surface area contributed by atoms with E-state index in [4.69, 9.17) is 26.3 Å². The van der Waals surface area contributed by atoms with E-state index in [1.807, 2.05) is 6.07 Å². The van der Waals surface area contributed by atoms with E-state index in [-0.39, 0.29) is 0 Å². The van der Waals surface area contributed by atoms with E-state index in [1.165, 1.54) is 13.2 Å². The lowest BCUT2D eigenvalue weighted by Crippen LogP contribution is -2.24. The van der Waals surface area contributed by atoms with Gasteiger partial charge in [-0.05, 0) is 49.4 Å². The van der Waals surface area contributed by atoms with Gasteiger partial charge >= 0.3 is 5.97 Å². The second-order valence-electron chi connectivity index (χ2n) is 4.61. The molecule has 2 rings (SSSR count). The summed E-state index contributed by atoms with van der Waals surface area (Å²) >= 11 is 6.06. The summed E-state index contributed by atoms with van der Waals surface area (Å²) in [5.41, 5.74) is 0.461. The van der Waals surface area contributed by atoms with Crippen LogP contribution in [0.15, 0.2) is 42.5 Å². The molecule has 1 unspecified atom stereocenters. The van der Waals surface area contributed by atoms with Crippen LogP contribution in [0.3, 0.4) is 0 Å². The number of nitrogens with zero attached hydrogens (tertiary/aromatic N) is 1. The fourth-order valence-electron chi connectivity index (χ4n) is 1.78. The third-order valence-electron chi connectivity index (χ3n) is 2.96. The molecule has 0 aliphatic rings. The minimum Gasteiger partial charge on any atom is -0.479 e. The lowest BCUT2D eigenvalue weighted by atomic mass is 10.2. The number of carbonyl (C=O) groups excluding carboxylic acids is 1. The first kappa shape index (κ1) is 16.7. The van der Waals surface area contributed by atoms with Crippen LogP contribution in [-0.2, 0) is 9.53 Å². The number of halogens is 1. The normalized spacial score (nSPS) is 11.2. The maximum absolute atomic E-state index is 11.3. The molecule has 0 saturated heterocycles. The second-order valence-corrected chi connectivity index (χ2v) is 5.02. The van der Waals surface area contributed by atoms with Gasteiger partial charge in [0, 0.05) is 0 Å². The number of esters is 1. The zero-order valence-corrected chi connectivity index (χ0v) is 13.3. The Morgan fingerprint density at radius 3 is 2.39 bits per heavy atom. The van der Waals surface area contributed by atoms with E-state index in [1.54, 1.807) is 43.3 Å². The molecule has 1 atom stereocenters. The molecular weight excluding hydrogens is 318 g/mol. The summed E-state index contributed by atoms with van der Waals surface area (Å²) in [4.78, 5) is 11.3. The molecule has 0 aromatic heterocycles. The fraction of sp³-hybridized carbons (Fsp3) is 0.176. The highest BCUT2D eigenvalue weighted by Gasteiger charge is 2.14. The van der Waals surface area contributed by atoms with Crippen LogP contribution < -0.4 is 9.47 Å². The predicted octanol–water partition coefficient (Wildman–Crippen LogP) is 3.94. The first-order chi connectivity index (χ1) is 11.0. The Hall–Kier alpha value is -2.71. The maximum Gasteiger partial charge on any atom is 0.346 e. The number of hydrogen-bond acceptors (Lipinski definition) is 5. The standard InChI is InChI=1S/C17H14ClNO4/c1-11(17(20)21-2)22-13-4-6-14(7-5-13)23-16-8-3-12(10-19)9-15(16)18/h3-9,11H,1-2H3. The molecule has 0 saturated carbocycles. The highest BCUT2D eigenvalue weighted by Crippen LogP contribution is 2.31. The molecule has 6 heteroatoms. The molecule has 0 aliphatic heterocycles. The van der Waals surface area contributed by atoms with Crippen molar-refractivity contribution in [3.63, 3.8) is 0 Å². The average Bonchev–Trinajstić information content (AvgIpc) is 2.57. The van der Waals surface area contributed by atoms with Crippen molar-refractivity contribution in [2.24, 2.45) is 0 Å². The molecule has 0 amide bonds. The van der Waals surface area contributed by atoms with E-state index in [9.17, 15) is 4.79 Å². The molecule has 0 radical (unpaired) electrons. The lowest BCUT2D eigenvalue weighted by molar-refractivity contribution is -0.147. The lowest BCUT2D eigenvalue weighted by Gasteiger charge is -2.13. The van der Waals surface area contributed by atoms with E-state index >= 15 is 0 Å². The number of methoxy groups -OCH3 is 1. The molecule has 2 aromatic carbocycles. The van der Waals surface area contributed by atoms with Gasteiger partial charge in [-0.3, -0.25) is 0 Å². The number of hydrogen-bond donors (Lipinski definition) is 0. The monoisotopic (exact) mass is 331 g/mol. The molecular formula is C17H14ClNO4. The van der Waals surface area contributed by atoms with Crippen molar-refractivity contribution in [3.8, 4) is 23.3 Å². The smallest absolute Gasteiger partial charge is 0.346 e. The summed E-state index contributed by atoms with van der Waals surface area (Å²) in [5.74, 6) is 1.06. The SMILES string of the molecule is COC(=O)C(C)Oc1ccc(Oc2ccc(C#N)cc2Cl)cc1. The largest absolute Gasteiger partial charge is 0.479 e. The van der Waals surface area contributed by atoms with Crippen LogP contribution in [0.1, 0.15) is 12.5 Å². The van der Waals surface area contributed by atoms with E-state index in [0.29, 0.717) is 27.8 Å². The van der Waals surface area contributed by atoms with Gasteiger partial charge < -0.3 is 14.2 Å². The van der Waals surface area contributed by atoms with Crippen LogP contribution in [0, 0.1) is 11.3 Å². The summed E-state index contributed by atoms with van der Waals surface area (Å²) in [6, 6.07) is 13.5. The predicted molar refractivity (Wildman–Crippen MR) is 84.8 cm³/mol. The van der Waals surface area contributed by atoms with Crippen LogP contribution >= 0.6 is 11.6 Å². The molecule has 0 bridgehead atoms. The minimum absolute atomic E-state index is 0.351. The molecule has 5 nitrogen and oxygen atoms in total. The van der Waals surface area contributed by atoms with Crippen LogP contribution in [0.25, 0.3) is 0 Å². The Balaban J connectivity index is 2.06. The summed E-state index contributed by atoms with van der Waals surface area (Å²) in [5, 5.41) is 9.16. The van der Waals surface area contributed by atoms with Crippen molar-refractivity contribution >= 4 is 17.6 Å². The third-order valence-corrected chi connectivity index (χ3v) is 3.25. The molecule has 23 heavy (non-hydrogen) atoms. The van der Waals surface area contributed by atoms with Crippen molar-refractivity contribution in [2.75, 3.05) is 7.11 Å². The zero-order valence-electron chi connectivity index (χ0n) is 12.6. The number of nitriles is 1. The van der Waals surface area contributed by atoms with Crippen LogP contribution in [0.5, 0.6) is 17.2 Å². The molecule has 2 aromatic rings. The van der Waals surface area contributed by atoms with Crippen LogP contribution in [0.2, 0.25) is 5.02 Å². The van der Waals surface area contributed by atoms with Gasteiger partial charge in [0.05, 0.1) is 23.8 Å². The third kappa shape index (κ3) is 4.38. The first-order valence-corrected chi connectivity index (χ1v) is 7.13. The molecule has 0 aliphatic carbocycles. The highest BCUT2D eigenvalue weighted by atomic mass is 35.5. The van der Waals surface area contributed by atoms with Crippen LogP contribution in [-0.4, -0.2) is 19.2 Å². The van der Waals surface area contributed by atoms with Gasteiger partial charge in [0.1, 0.15) is 17.2 Å². The number of ether oxygens (including phenoxy) is 3. The number of rotatable bonds is 5. The van der Waals surface area contributed by atoms with Gasteiger partial charge in [0.15, 0.2) is 6.10 Å². The summed E-state index contributed by atoms with van der Waals surface area (Å²) in [7, 11) is 1.31. The fourth-order valence-corrected chi connectivity index (χ4v) is 2.00. The van der Waals surface area contributed by atoms with Gasteiger partial charge in [0.2, 0.25) is 0 Å². The average molecular weight is 332 g/mol. The van der Waals surface area contributed by atoms with E-state index in [2.05, 4.69) is 4.74 Å². The number of benzene rings is 2. The van der Waals surface area contributed by atoms with Gasteiger partial charge in [-0.15, -0.1) is 0 Å². The Morgan fingerprint density at radius 2 is 1.83 bits per heavy atom. The first-order valence-electron chi connectivity index (χ1n) is 6.75. The Kier molecular flexibility index (Phi) is 5.45. The Morgan fingerprint density at radius 1 is 1.17 bits per heavy atom. The molecule has 118 valence electrons. The minimum atomic E-state index is -0.695. The van der Waals surface area contributed by atoms with Crippen molar-refractivity contribution in [1.29, 1.82) is 5.26 Å². The Labute approximate surface area is 139 Å². The quantitative estimate of drug-likeness (QED) is 0.776. The Bertz CT molecular complexity index is 737. The van der Waals surface area contributed by atoms with Gasteiger partial charge in [-0.1, -0.05) is 11.6 Å². The van der Waals surface area contributed by atoms with Crippen molar-refractivity contribution in [3.05, 3.63) is 53.1 Å². The summed E-state index contributed by atoms with van der Waals surface area (Å²) in [6.07, 6.45) is -0.695. The van der Waals surface area contributed by atoms with Gasteiger partial charge in [-0.2, -0.15) is 5.26 Å². The highest BCUT2D eigenvalue weighted by molar-refractivity contribution is 6.32. The van der Waals surface area contributed by atoms with Gasteiger partial charge in [0.25, 0.3) is 0 Å². The maximum atomic E-state index is 11.3. The summed E-state index contributed by atoms with van der Waals surface area (Å²) < 4.78 is 15.7. The van der Waals surface area contributed by atoms with E-state index < -0.39 is 12.1 Å². The van der Waals surface area contributed by atoms with Crippen molar-refractivity contribution in [2.45, 2.75) is 13.0 Å². The molecule has 0 fully saturated rings. The topological polar surface area (TPSA) is 68.6 Å². The second kappa shape index (κ2) is 7.52. The zero-order chi connectivity index (χ0) is 16.8. The molecule has 0 heterocycles. The number of carbonyl (C=O) groups is 1. The van der Waals surface area contributed by atoms with E-state index in [0.717, 1.165) is 0 Å². The van der Waals surface area contributed by atoms with Crippen LogP contribution in [0.4, 0.5) is 0 Å². The molecule has 0 N–H and O–H groups in total. The van der Waals surface area contributed by atoms with Crippen molar-refractivity contribution < 1.29 is 19.0 Å². The molecule has 0 spiro atoms. The van der Waals surface area contributed by atoms with Gasteiger partial charge in [-0.25, -0.2) is 4.79 Å². The summed E-state index contributed by atoms with van der Waals surface area (Å²) in [6.45, 7) is 1.60.